The van der Waals surface area contributed by atoms with Gasteiger partial charge in [0.1, 0.15) is 5.15 Å². The van der Waals surface area contributed by atoms with Crippen LogP contribution in [-0.2, 0) is 11.3 Å². The summed E-state index contributed by atoms with van der Waals surface area (Å²) in [4.78, 5) is 6.38. The molecule has 3 nitrogen and oxygen atoms in total. The van der Waals surface area contributed by atoms with Gasteiger partial charge in [-0.2, -0.15) is 0 Å². The minimum absolute atomic E-state index is 0.306. The van der Waals surface area contributed by atoms with Crippen molar-refractivity contribution in [3.8, 4) is 0 Å². The zero-order valence-corrected chi connectivity index (χ0v) is 10.4. The second-order valence-corrected chi connectivity index (χ2v) is 4.66. The molecule has 2 atom stereocenters. The van der Waals surface area contributed by atoms with E-state index in [-0.39, 0.29) is 0 Å². The van der Waals surface area contributed by atoms with E-state index in [1.54, 1.807) is 6.20 Å². The second kappa shape index (κ2) is 5.13. The number of likely N-dealkylation sites (N-methyl/N-ethyl adjacent to an activating group) is 1. The molecule has 0 N–H and O–H groups in total. The third-order valence-electron chi connectivity index (χ3n) is 3.16. The van der Waals surface area contributed by atoms with E-state index in [4.69, 9.17) is 16.3 Å². The molecule has 0 spiro atoms. The van der Waals surface area contributed by atoms with Gasteiger partial charge in [-0.25, -0.2) is 4.98 Å². The average Bonchev–Trinajstić information content (AvgIpc) is 2.68. The minimum Gasteiger partial charge on any atom is -0.377 e. The normalized spacial score (nSPS) is 25.2. The summed E-state index contributed by atoms with van der Waals surface area (Å²) in [5.74, 6) is 0. The van der Waals surface area contributed by atoms with Crippen molar-refractivity contribution in [3.63, 3.8) is 0 Å². The Bertz CT molecular complexity index is 359. The molecule has 1 aromatic rings. The van der Waals surface area contributed by atoms with Crippen molar-refractivity contribution in [2.24, 2.45) is 0 Å². The van der Waals surface area contributed by atoms with E-state index in [1.807, 2.05) is 12.1 Å². The maximum atomic E-state index is 6.04. The van der Waals surface area contributed by atoms with Crippen molar-refractivity contribution in [2.45, 2.75) is 32.0 Å². The maximum absolute atomic E-state index is 6.04. The van der Waals surface area contributed by atoms with E-state index in [1.165, 1.54) is 0 Å². The van der Waals surface area contributed by atoms with E-state index in [0.29, 0.717) is 17.3 Å². The van der Waals surface area contributed by atoms with Crippen molar-refractivity contribution >= 4 is 11.6 Å². The fourth-order valence-electron chi connectivity index (χ4n) is 2.22. The summed E-state index contributed by atoms with van der Waals surface area (Å²) < 4.78 is 5.56. The Balaban J connectivity index is 2.02. The fourth-order valence-corrected chi connectivity index (χ4v) is 2.40. The summed E-state index contributed by atoms with van der Waals surface area (Å²) in [7, 11) is 2.11. The Kier molecular flexibility index (Phi) is 3.79. The first-order valence-corrected chi connectivity index (χ1v) is 5.97. The predicted molar refractivity (Wildman–Crippen MR) is 64.5 cm³/mol. The highest BCUT2D eigenvalue weighted by Crippen LogP contribution is 2.21. The average molecular weight is 241 g/mol. The summed E-state index contributed by atoms with van der Waals surface area (Å²) >= 11 is 6.04. The number of nitrogens with zero attached hydrogens (tertiary/aromatic N) is 2. The lowest BCUT2D eigenvalue weighted by atomic mass is 10.1. The van der Waals surface area contributed by atoms with E-state index in [2.05, 4.69) is 23.9 Å². The maximum Gasteiger partial charge on any atom is 0.133 e. The fraction of sp³-hybridized carbons (Fsp3) is 0.583. The van der Waals surface area contributed by atoms with Crippen molar-refractivity contribution < 1.29 is 4.74 Å². The van der Waals surface area contributed by atoms with Crippen LogP contribution in [0.15, 0.2) is 18.3 Å². The van der Waals surface area contributed by atoms with Gasteiger partial charge in [-0.3, -0.25) is 4.90 Å². The van der Waals surface area contributed by atoms with Crippen LogP contribution in [0.4, 0.5) is 0 Å². The highest BCUT2D eigenvalue weighted by Gasteiger charge is 2.27. The zero-order chi connectivity index (χ0) is 11.5. The predicted octanol–water partition coefficient (Wildman–Crippen LogP) is 2.34. The van der Waals surface area contributed by atoms with Crippen LogP contribution < -0.4 is 0 Å². The standard InChI is InChI=1S/C12H17ClN2O/c1-9-11(5-7-16-9)15(2)8-10-4-3-6-14-12(10)13/h3-4,6,9,11H,5,7-8H2,1-2H3. The highest BCUT2D eigenvalue weighted by molar-refractivity contribution is 6.30. The van der Waals surface area contributed by atoms with Crippen molar-refractivity contribution in [1.29, 1.82) is 0 Å². The van der Waals surface area contributed by atoms with E-state index in [0.717, 1.165) is 25.1 Å². The van der Waals surface area contributed by atoms with Gasteiger partial charge >= 0.3 is 0 Å². The van der Waals surface area contributed by atoms with E-state index < -0.39 is 0 Å². The molecule has 0 amide bonds. The van der Waals surface area contributed by atoms with Gasteiger partial charge in [-0.1, -0.05) is 17.7 Å². The molecule has 1 aromatic heterocycles. The molecule has 0 saturated carbocycles. The number of rotatable bonds is 3. The molecular formula is C12H17ClN2O. The molecule has 0 aliphatic carbocycles. The first kappa shape index (κ1) is 11.8. The van der Waals surface area contributed by atoms with Gasteiger partial charge in [0, 0.05) is 31.0 Å². The van der Waals surface area contributed by atoms with Crippen molar-refractivity contribution in [2.75, 3.05) is 13.7 Å². The van der Waals surface area contributed by atoms with Gasteiger partial charge in [-0.15, -0.1) is 0 Å². The quantitative estimate of drug-likeness (QED) is 0.759. The number of pyridine rings is 1. The van der Waals surface area contributed by atoms with Gasteiger partial charge in [0.15, 0.2) is 0 Å². The Labute approximate surface area is 101 Å². The largest absolute Gasteiger partial charge is 0.377 e. The number of hydrogen-bond donors (Lipinski definition) is 0. The van der Waals surface area contributed by atoms with Gasteiger partial charge in [0.05, 0.1) is 6.10 Å². The Morgan fingerprint density at radius 3 is 3.06 bits per heavy atom. The second-order valence-electron chi connectivity index (χ2n) is 4.30. The van der Waals surface area contributed by atoms with Gasteiger partial charge in [-0.05, 0) is 26.5 Å². The number of hydrogen-bond acceptors (Lipinski definition) is 3. The van der Waals surface area contributed by atoms with Crippen LogP contribution in [0, 0.1) is 0 Å². The number of halogens is 1. The Hall–Kier alpha value is -0.640. The smallest absolute Gasteiger partial charge is 0.133 e. The van der Waals surface area contributed by atoms with Crippen molar-refractivity contribution in [3.05, 3.63) is 29.0 Å². The third-order valence-corrected chi connectivity index (χ3v) is 3.50. The van der Waals surface area contributed by atoms with Crippen LogP contribution in [0.25, 0.3) is 0 Å². The Morgan fingerprint density at radius 1 is 1.62 bits per heavy atom. The first-order chi connectivity index (χ1) is 7.68. The van der Waals surface area contributed by atoms with Crippen LogP contribution in [0.1, 0.15) is 18.9 Å². The molecule has 0 aromatic carbocycles. The monoisotopic (exact) mass is 240 g/mol. The summed E-state index contributed by atoms with van der Waals surface area (Å²) in [5.41, 5.74) is 1.07. The molecule has 1 aliphatic heterocycles. The number of ether oxygens (including phenoxy) is 1. The molecule has 0 radical (unpaired) electrons. The van der Waals surface area contributed by atoms with Gasteiger partial charge < -0.3 is 4.74 Å². The van der Waals surface area contributed by atoms with Crippen LogP contribution in [0.2, 0.25) is 5.15 Å². The molecule has 2 unspecified atom stereocenters. The summed E-state index contributed by atoms with van der Waals surface area (Å²) in [5, 5.41) is 0.598. The summed E-state index contributed by atoms with van der Waals surface area (Å²) in [6.07, 6.45) is 3.11. The zero-order valence-electron chi connectivity index (χ0n) is 9.69. The van der Waals surface area contributed by atoms with Crippen molar-refractivity contribution in [1.82, 2.24) is 9.88 Å². The molecule has 1 aliphatic rings. The van der Waals surface area contributed by atoms with Crippen LogP contribution in [-0.4, -0.2) is 35.7 Å². The van der Waals surface area contributed by atoms with Crippen LogP contribution in [0.5, 0.6) is 0 Å². The van der Waals surface area contributed by atoms with Crippen LogP contribution >= 0.6 is 11.6 Å². The molecule has 0 bridgehead atoms. The molecule has 2 rings (SSSR count). The molecule has 88 valence electrons. The first-order valence-electron chi connectivity index (χ1n) is 5.59. The molecule has 16 heavy (non-hydrogen) atoms. The van der Waals surface area contributed by atoms with Crippen LogP contribution in [0.3, 0.4) is 0 Å². The lowest BCUT2D eigenvalue weighted by Gasteiger charge is -2.26. The highest BCUT2D eigenvalue weighted by atomic mass is 35.5. The topological polar surface area (TPSA) is 25.4 Å². The van der Waals surface area contributed by atoms with E-state index >= 15 is 0 Å². The molecule has 2 heterocycles. The van der Waals surface area contributed by atoms with E-state index in [9.17, 15) is 0 Å². The summed E-state index contributed by atoms with van der Waals surface area (Å²) in [6.45, 7) is 3.81. The molecule has 1 fully saturated rings. The SMILES string of the molecule is CC1OCCC1N(C)Cc1cccnc1Cl. The summed E-state index contributed by atoms with van der Waals surface area (Å²) in [6, 6.07) is 4.42. The molecular weight excluding hydrogens is 224 g/mol. The lowest BCUT2D eigenvalue weighted by Crippen LogP contribution is -2.36. The minimum atomic E-state index is 0.306. The Morgan fingerprint density at radius 2 is 2.44 bits per heavy atom. The molecule has 4 heteroatoms. The van der Waals surface area contributed by atoms with Gasteiger partial charge in [0.25, 0.3) is 0 Å². The lowest BCUT2D eigenvalue weighted by molar-refractivity contribution is 0.0814. The molecule has 1 saturated heterocycles. The van der Waals surface area contributed by atoms with Gasteiger partial charge in [0.2, 0.25) is 0 Å². The number of aromatic nitrogens is 1. The third kappa shape index (κ3) is 2.54.